The van der Waals surface area contributed by atoms with E-state index in [1.165, 1.54) is 11.9 Å². The topological polar surface area (TPSA) is 38.3 Å². The molecule has 0 radical (unpaired) electrons. The summed E-state index contributed by atoms with van der Waals surface area (Å²) >= 11 is 1.46. The van der Waals surface area contributed by atoms with Crippen LogP contribution in [0.5, 0.6) is 0 Å². The second-order valence-electron chi connectivity index (χ2n) is 6.48. The highest BCUT2D eigenvalue weighted by molar-refractivity contribution is 7.97. The second-order valence-corrected chi connectivity index (χ2v) is 7.39. The summed E-state index contributed by atoms with van der Waals surface area (Å²) in [5, 5.41) is 0. The molecule has 1 fully saturated rings. The number of ether oxygens (including phenoxy) is 1. The zero-order valence-electron chi connectivity index (χ0n) is 15.1. The third-order valence-electron chi connectivity index (χ3n) is 4.47. The summed E-state index contributed by atoms with van der Waals surface area (Å²) in [6, 6.07) is 17.5. The van der Waals surface area contributed by atoms with Crippen molar-refractivity contribution in [3.63, 3.8) is 0 Å². The monoisotopic (exact) mass is 367 g/mol. The van der Waals surface area contributed by atoms with Gasteiger partial charge >= 0.3 is 5.97 Å². The molecule has 1 N–H and O–H groups in total. The van der Waals surface area contributed by atoms with E-state index in [2.05, 4.69) is 22.9 Å². The second kappa shape index (κ2) is 9.60. The van der Waals surface area contributed by atoms with Crippen molar-refractivity contribution in [2.24, 2.45) is 0 Å². The molecule has 1 aliphatic carbocycles. The molecule has 0 bridgehead atoms. The first-order chi connectivity index (χ1) is 12.8. The van der Waals surface area contributed by atoms with E-state index in [4.69, 9.17) is 4.74 Å². The lowest BCUT2D eigenvalue weighted by Crippen LogP contribution is -2.28. The Bertz CT molecular complexity index is 739. The average Bonchev–Trinajstić information content (AvgIpc) is 3.16. The van der Waals surface area contributed by atoms with Gasteiger partial charge in [-0.3, -0.25) is 0 Å². The van der Waals surface area contributed by atoms with Crippen LogP contribution >= 0.6 is 11.9 Å². The molecule has 4 heteroatoms. The molecule has 2 aromatic carbocycles. The standard InChI is InChI=1S/C22H25NO2S/c1-2-9-17-10-8-15-20(16-17)26-23-21(18-11-4-3-5-12-18)22(24)25-19-13-6-7-14-19/h2-5,8-12,15-16,19,21,23H,6-7,13-14H2,1H3/b9-2+. The van der Waals surface area contributed by atoms with Gasteiger partial charge in [-0.1, -0.05) is 54.6 Å². The molecule has 1 atom stereocenters. The summed E-state index contributed by atoms with van der Waals surface area (Å²) in [5.41, 5.74) is 2.07. The Morgan fingerprint density at radius 3 is 2.65 bits per heavy atom. The third-order valence-corrected chi connectivity index (χ3v) is 5.31. The lowest BCUT2D eigenvalue weighted by Gasteiger charge is -2.20. The summed E-state index contributed by atoms with van der Waals surface area (Å²) in [7, 11) is 0. The Labute approximate surface area is 160 Å². The fourth-order valence-corrected chi connectivity index (χ4v) is 3.97. The maximum Gasteiger partial charge on any atom is 0.328 e. The molecule has 1 aliphatic rings. The van der Waals surface area contributed by atoms with Gasteiger partial charge < -0.3 is 4.74 Å². The quantitative estimate of drug-likeness (QED) is 0.515. The van der Waals surface area contributed by atoms with Crippen molar-refractivity contribution in [3.05, 3.63) is 71.8 Å². The highest BCUT2D eigenvalue weighted by Crippen LogP contribution is 2.27. The summed E-state index contributed by atoms with van der Waals surface area (Å²) in [6.07, 6.45) is 8.40. The Morgan fingerprint density at radius 2 is 1.92 bits per heavy atom. The normalized spacial score (nSPS) is 16.0. The molecule has 26 heavy (non-hydrogen) atoms. The molecule has 0 spiro atoms. The molecule has 0 aliphatic heterocycles. The zero-order valence-corrected chi connectivity index (χ0v) is 15.9. The number of benzene rings is 2. The number of allylic oxidation sites excluding steroid dienone is 1. The van der Waals surface area contributed by atoms with Crippen molar-refractivity contribution in [1.82, 2.24) is 4.72 Å². The maximum atomic E-state index is 12.8. The van der Waals surface area contributed by atoms with E-state index in [0.717, 1.165) is 41.7 Å². The Morgan fingerprint density at radius 1 is 1.15 bits per heavy atom. The van der Waals surface area contributed by atoms with Gasteiger partial charge in [-0.05, 0) is 67.8 Å². The van der Waals surface area contributed by atoms with E-state index >= 15 is 0 Å². The van der Waals surface area contributed by atoms with Crippen LogP contribution in [0.15, 0.2) is 65.6 Å². The minimum atomic E-state index is -0.479. The van der Waals surface area contributed by atoms with Crippen LogP contribution < -0.4 is 4.72 Å². The molecule has 1 unspecified atom stereocenters. The Hall–Kier alpha value is -2.04. The molecule has 1 saturated carbocycles. The highest BCUT2D eigenvalue weighted by atomic mass is 32.2. The molecular formula is C22H25NO2S. The van der Waals surface area contributed by atoms with Crippen molar-refractivity contribution >= 4 is 24.0 Å². The number of carbonyl (C=O) groups excluding carboxylic acids is 1. The van der Waals surface area contributed by atoms with E-state index in [0.29, 0.717) is 0 Å². The van der Waals surface area contributed by atoms with Gasteiger partial charge in [-0.15, -0.1) is 0 Å². The van der Waals surface area contributed by atoms with Gasteiger partial charge in [0, 0.05) is 4.90 Å². The van der Waals surface area contributed by atoms with E-state index in [1.54, 1.807) is 0 Å². The molecular weight excluding hydrogens is 342 g/mol. The lowest BCUT2D eigenvalue weighted by molar-refractivity contribution is -0.150. The smallest absolute Gasteiger partial charge is 0.328 e. The van der Waals surface area contributed by atoms with Crippen LogP contribution in [0.25, 0.3) is 6.08 Å². The van der Waals surface area contributed by atoms with E-state index in [1.807, 2.05) is 55.5 Å². The molecule has 0 saturated heterocycles. The third kappa shape index (κ3) is 5.23. The molecule has 3 rings (SSSR count). The maximum absolute atomic E-state index is 12.8. The van der Waals surface area contributed by atoms with Crippen LogP contribution in [-0.2, 0) is 9.53 Å². The van der Waals surface area contributed by atoms with Gasteiger partial charge in [0.25, 0.3) is 0 Å². The van der Waals surface area contributed by atoms with Crippen molar-refractivity contribution in [3.8, 4) is 0 Å². The molecule has 3 nitrogen and oxygen atoms in total. The molecule has 136 valence electrons. The van der Waals surface area contributed by atoms with Crippen molar-refractivity contribution in [1.29, 1.82) is 0 Å². The minimum absolute atomic E-state index is 0.0681. The van der Waals surface area contributed by atoms with Gasteiger partial charge in [-0.25, -0.2) is 9.52 Å². The zero-order chi connectivity index (χ0) is 18.2. The first-order valence-corrected chi connectivity index (χ1v) is 9.98. The van der Waals surface area contributed by atoms with Crippen molar-refractivity contribution in [2.45, 2.75) is 49.6 Å². The fourth-order valence-electron chi connectivity index (χ4n) is 3.14. The predicted octanol–water partition coefficient (Wildman–Crippen LogP) is 5.54. The summed E-state index contributed by atoms with van der Waals surface area (Å²) < 4.78 is 9.07. The summed E-state index contributed by atoms with van der Waals surface area (Å²) in [6.45, 7) is 2.00. The van der Waals surface area contributed by atoms with Crippen LogP contribution in [0.3, 0.4) is 0 Å². The molecule has 2 aromatic rings. The molecule has 0 heterocycles. The number of rotatable bonds is 7. The minimum Gasteiger partial charge on any atom is -0.461 e. The summed E-state index contributed by atoms with van der Waals surface area (Å²) in [5.74, 6) is -0.194. The van der Waals surface area contributed by atoms with E-state index < -0.39 is 6.04 Å². The van der Waals surface area contributed by atoms with Gasteiger partial charge in [0.15, 0.2) is 0 Å². The van der Waals surface area contributed by atoms with E-state index in [9.17, 15) is 4.79 Å². The number of esters is 1. The van der Waals surface area contributed by atoms with Gasteiger partial charge in [-0.2, -0.15) is 0 Å². The molecule has 0 amide bonds. The number of nitrogens with one attached hydrogen (secondary N) is 1. The van der Waals surface area contributed by atoms with Gasteiger partial charge in [0.2, 0.25) is 0 Å². The number of hydrogen-bond donors (Lipinski definition) is 1. The largest absolute Gasteiger partial charge is 0.461 e. The Kier molecular flexibility index (Phi) is 6.92. The van der Waals surface area contributed by atoms with Crippen LogP contribution in [0, 0.1) is 0 Å². The highest BCUT2D eigenvalue weighted by Gasteiger charge is 2.26. The number of hydrogen-bond acceptors (Lipinski definition) is 4. The van der Waals surface area contributed by atoms with Gasteiger partial charge in [0.05, 0.1) is 0 Å². The summed E-state index contributed by atoms with van der Waals surface area (Å²) in [4.78, 5) is 13.8. The van der Waals surface area contributed by atoms with Crippen LogP contribution in [0.2, 0.25) is 0 Å². The first-order valence-electron chi connectivity index (χ1n) is 9.17. The van der Waals surface area contributed by atoms with Crippen molar-refractivity contribution in [2.75, 3.05) is 0 Å². The van der Waals surface area contributed by atoms with Crippen LogP contribution in [0.1, 0.15) is 49.8 Å². The number of carbonyl (C=O) groups is 1. The SMILES string of the molecule is C/C=C/c1cccc(SNC(C(=O)OC2CCCC2)c2ccccc2)c1. The average molecular weight is 368 g/mol. The lowest BCUT2D eigenvalue weighted by atomic mass is 10.1. The Balaban J connectivity index is 1.71. The fraction of sp³-hybridized carbons (Fsp3) is 0.318. The van der Waals surface area contributed by atoms with E-state index in [-0.39, 0.29) is 12.1 Å². The molecule has 0 aromatic heterocycles. The van der Waals surface area contributed by atoms with Crippen molar-refractivity contribution < 1.29 is 9.53 Å². The van der Waals surface area contributed by atoms with Crippen LogP contribution in [0.4, 0.5) is 0 Å². The predicted molar refractivity (Wildman–Crippen MR) is 108 cm³/mol. The first kappa shape index (κ1) is 18.7. The van der Waals surface area contributed by atoms with Crippen LogP contribution in [-0.4, -0.2) is 12.1 Å². The van der Waals surface area contributed by atoms with Gasteiger partial charge in [0.1, 0.15) is 12.1 Å².